The molecule has 146 valence electrons. The van der Waals surface area contributed by atoms with E-state index < -0.39 is 0 Å². The van der Waals surface area contributed by atoms with Crippen molar-refractivity contribution >= 4 is 23.6 Å². The minimum Gasteiger partial charge on any atom is -0.497 e. The largest absolute Gasteiger partial charge is 0.497 e. The molecule has 10 heteroatoms. The van der Waals surface area contributed by atoms with Crippen molar-refractivity contribution < 1.29 is 23.2 Å². The van der Waals surface area contributed by atoms with Crippen LogP contribution in [0.3, 0.4) is 0 Å². The maximum Gasteiger partial charge on any atom is 0.287 e. The fourth-order valence-electron chi connectivity index (χ4n) is 2.17. The van der Waals surface area contributed by atoms with Crippen LogP contribution >= 0.6 is 11.8 Å². The van der Waals surface area contributed by atoms with Gasteiger partial charge in [-0.25, -0.2) is 0 Å². The molecule has 0 bridgehead atoms. The second-order valence-electron chi connectivity index (χ2n) is 5.47. The van der Waals surface area contributed by atoms with Crippen LogP contribution in [0, 0.1) is 0 Å². The summed E-state index contributed by atoms with van der Waals surface area (Å²) < 4.78 is 15.6. The molecule has 0 atom stereocenters. The normalized spacial score (nSPS) is 10.5. The van der Waals surface area contributed by atoms with E-state index in [0.29, 0.717) is 17.7 Å². The van der Waals surface area contributed by atoms with Crippen LogP contribution in [0.15, 0.2) is 56.7 Å². The standard InChI is InChI=1S/C18H18N4O5S/c1-25-13-6-4-12(5-7-13)17-21-22-18(27-17)28-11-15(23)19-8-9-20-16(24)14-3-2-10-26-14/h2-7,10H,8-9,11H2,1H3,(H,19,23)(H,20,24). The predicted molar refractivity (Wildman–Crippen MR) is 101 cm³/mol. The molecule has 2 aromatic heterocycles. The van der Waals surface area contributed by atoms with Gasteiger partial charge in [-0.1, -0.05) is 11.8 Å². The molecule has 0 spiro atoms. The number of methoxy groups -OCH3 is 1. The van der Waals surface area contributed by atoms with Gasteiger partial charge < -0.3 is 24.2 Å². The summed E-state index contributed by atoms with van der Waals surface area (Å²) in [5.41, 5.74) is 0.761. The van der Waals surface area contributed by atoms with Crippen molar-refractivity contribution in [3.8, 4) is 17.2 Å². The Morgan fingerprint density at radius 2 is 1.89 bits per heavy atom. The highest BCUT2D eigenvalue weighted by Crippen LogP contribution is 2.24. The zero-order valence-corrected chi connectivity index (χ0v) is 15.8. The van der Waals surface area contributed by atoms with E-state index in [1.807, 2.05) is 12.1 Å². The lowest BCUT2D eigenvalue weighted by Crippen LogP contribution is -2.35. The second kappa shape index (κ2) is 9.60. The first-order valence-electron chi connectivity index (χ1n) is 8.35. The molecule has 0 radical (unpaired) electrons. The van der Waals surface area contributed by atoms with Crippen LogP contribution in [0.4, 0.5) is 0 Å². The molecule has 9 nitrogen and oxygen atoms in total. The lowest BCUT2D eigenvalue weighted by Gasteiger charge is -2.05. The van der Waals surface area contributed by atoms with Crippen LogP contribution in [0.5, 0.6) is 5.75 Å². The van der Waals surface area contributed by atoms with E-state index >= 15 is 0 Å². The van der Waals surface area contributed by atoms with Gasteiger partial charge in [0.25, 0.3) is 11.1 Å². The van der Waals surface area contributed by atoms with Crippen LogP contribution < -0.4 is 15.4 Å². The van der Waals surface area contributed by atoms with Crippen molar-refractivity contribution in [1.29, 1.82) is 0 Å². The zero-order chi connectivity index (χ0) is 19.8. The van der Waals surface area contributed by atoms with Crippen molar-refractivity contribution in [2.24, 2.45) is 0 Å². The summed E-state index contributed by atoms with van der Waals surface area (Å²) in [5, 5.41) is 13.5. The Hall–Kier alpha value is -3.27. The Morgan fingerprint density at radius 1 is 1.11 bits per heavy atom. The zero-order valence-electron chi connectivity index (χ0n) is 15.0. The van der Waals surface area contributed by atoms with Gasteiger partial charge in [0.1, 0.15) is 5.75 Å². The summed E-state index contributed by atoms with van der Waals surface area (Å²) in [7, 11) is 1.59. The number of nitrogens with zero attached hydrogens (tertiary/aromatic N) is 2. The summed E-state index contributed by atoms with van der Waals surface area (Å²) in [6, 6.07) is 10.4. The third-order valence-electron chi connectivity index (χ3n) is 3.55. The van der Waals surface area contributed by atoms with Crippen LogP contribution in [-0.2, 0) is 4.79 Å². The topological polar surface area (TPSA) is 119 Å². The first kappa shape index (κ1) is 19.5. The Labute approximate surface area is 164 Å². The maximum absolute atomic E-state index is 11.9. The first-order chi connectivity index (χ1) is 13.7. The molecule has 2 amide bonds. The van der Waals surface area contributed by atoms with Gasteiger partial charge in [0.05, 0.1) is 19.1 Å². The van der Waals surface area contributed by atoms with Crippen molar-refractivity contribution in [3.63, 3.8) is 0 Å². The number of hydrogen-bond donors (Lipinski definition) is 2. The van der Waals surface area contributed by atoms with Crippen molar-refractivity contribution in [1.82, 2.24) is 20.8 Å². The van der Waals surface area contributed by atoms with Crippen LogP contribution in [0.1, 0.15) is 10.6 Å². The molecule has 2 N–H and O–H groups in total. The van der Waals surface area contributed by atoms with Gasteiger partial charge in [-0.2, -0.15) is 0 Å². The number of rotatable bonds is 9. The molecule has 0 unspecified atom stereocenters. The maximum atomic E-state index is 11.9. The minimum absolute atomic E-state index is 0.121. The lowest BCUT2D eigenvalue weighted by molar-refractivity contribution is -0.118. The molecule has 0 saturated heterocycles. The van der Waals surface area contributed by atoms with Gasteiger partial charge in [-0.3, -0.25) is 9.59 Å². The summed E-state index contributed by atoms with van der Waals surface area (Å²) in [6.45, 7) is 0.588. The highest BCUT2D eigenvalue weighted by atomic mass is 32.2. The molecular formula is C18H18N4O5S. The molecular weight excluding hydrogens is 384 g/mol. The van der Waals surface area contributed by atoms with Gasteiger partial charge >= 0.3 is 0 Å². The third kappa shape index (κ3) is 5.36. The number of ether oxygens (including phenoxy) is 1. The number of furan rings is 1. The third-order valence-corrected chi connectivity index (χ3v) is 4.37. The van der Waals surface area contributed by atoms with E-state index in [1.165, 1.54) is 6.26 Å². The van der Waals surface area contributed by atoms with E-state index in [1.54, 1.807) is 31.4 Å². The van der Waals surface area contributed by atoms with E-state index in [0.717, 1.165) is 23.1 Å². The second-order valence-corrected chi connectivity index (χ2v) is 6.40. The van der Waals surface area contributed by atoms with Crippen molar-refractivity contribution in [2.75, 3.05) is 26.0 Å². The number of carbonyl (C=O) groups excluding carboxylic acids is 2. The summed E-state index contributed by atoms with van der Waals surface area (Å²) in [6.07, 6.45) is 1.42. The number of amides is 2. The Bertz CT molecular complexity index is 908. The first-order valence-corrected chi connectivity index (χ1v) is 9.33. The number of benzene rings is 1. The molecule has 0 saturated carbocycles. The lowest BCUT2D eigenvalue weighted by atomic mass is 10.2. The number of hydrogen-bond acceptors (Lipinski definition) is 8. The Kier molecular flexibility index (Phi) is 6.68. The average Bonchev–Trinajstić information content (AvgIpc) is 3.42. The molecule has 3 rings (SSSR count). The van der Waals surface area contributed by atoms with Crippen molar-refractivity contribution in [2.45, 2.75) is 5.22 Å². The van der Waals surface area contributed by atoms with E-state index in [2.05, 4.69) is 20.8 Å². The number of carbonyl (C=O) groups is 2. The quantitative estimate of drug-likeness (QED) is 0.412. The molecule has 3 aromatic rings. The number of thioether (sulfide) groups is 1. The fourth-order valence-corrected chi connectivity index (χ4v) is 2.76. The highest BCUT2D eigenvalue weighted by molar-refractivity contribution is 7.99. The van der Waals surface area contributed by atoms with Gasteiger partial charge in [-0.15, -0.1) is 10.2 Å². The number of aromatic nitrogens is 2. The Balaban J connectivity index is 1.37. The molecule has 0 aliphatic carbocycles. The Morgan fingerprint density at radius 3 is 2.61 bits per heavy atom. The molecule has 2 heterocycles. The van der Waals surface area contributed by atoms with Crippen LogP contribution in [0.2, 0.25) is 0 Å². The van der Waals surface area contributed by atoms with E-state index in [9.17, 15) is 9.59 Å². The fraction of sp³-hybridized carbons (Fsp3) is 0.222. The molecule has 0 aliphatic rings. The monoisotopic (exact) mass is 402 g/mol. The smallest absolute Gasteiger partial charge is 0.287 e. The molecule has 0 aliphatic heterocycles. The number of nitrogens with one attached hydrogen (secondary N) is 2. The molecule has 28 heavy (non-hydrogen) atoms. The van der Waals surface area contributed by atoms with E-state index in [-0.39, 0.29) is 29.9 Å². The van der Waals surface area contributed by atoms with Crippen LogP contribution in [-0.4, -0.2) is 48.0 Å². The van der Waals surface area contributed by atoms with Crippen LogP contribution in [0.25, 0.3) is 11.5 Å². The SMILES string of the molecule is COc1ccc(-c2nnc(SCC(=O)NCCNC(=O)c3ccco3)o2)cc1. The summed E-state index contributed by atoms with van der Waals surface area (Å²) in [4.78, 5) is 23.5. The molecule has 0 fully saturated rings. The van der Waals surface area contributed by atoms with Gasteiger partial charge in [0.2, 0.25) is 11.8 Å². The van der Waals surface area contributed by atoms with Gasteiger partial charge in [0, 0.05) is 18.7 Å². The minimum atomic E-state index is -0.328. The van der Waals surface area contributed by atoms with Gasteiger partial charge in [0.15, 0.2) is 5.76 Å². The molecule has 1 aromatic carbocycles. The highest BCUT2D eigenvalue weighted by Gasteiger charge is 2.12. The average molecular weight is 402 g/mol. The van der Waals surface area contributed by atoms with E-state index in [4.69, 9.17) is 13.6 Å². The van der Waals surface area contributed by atoms with Crippen molar-refractivity contribution in [3.05, 3.63) is 48.4 Å². The summed E-state index contributed by atoms with van der Waals surface area (Å²) in [5.74, 6) is 0.912. The summed E-state index contributed by atoms with van der Waals surface area (Å²) >= 11 is 1.13. The van der Waals surface area contributed by atoms with Gasteiger partial charge in [-0.05, 0) is 36.4 Å². The predicted octanol–water partition coefficient (Wildman–Crippen LogP) is 1.98.